The standard InChI is InChI=1S/C19H25NO6S/c1-4-8-25-19(24)13-10(5-2)9(3)27-17(13)20-16(21)14-11-6-7-12(26-11)15(14)18(22)23/h11-12,14-15H,4-8H2,1-3H3,(H,20,21)(H,22,23)/t11-,12-,14+,15-/m1/s1. The van der Waals surface area contributed by atoms with Crippen LogP contribution in [-0.2, 0) is 25.5 Å². The first-order chi connectivity index (χ1) is 12.9. The number of fused-ring (bicyclic) bond motifs is 2. The van der Waals surface area contributed by atoms with Crippen molar-refractivity contribution in [2.45, 2.75) is 58.7 Å². The molecule has 1 aromatic rings. The van der Waals surface area contributed by atoms with Crippen LogP contribution in [0.3, 0.4) is 0 Å². The average Bonchev–Trinajstić information content (AvgIpc) is 3.31. The number of hydrogen-bond donors (Lipinski definition) is 2. The minimum atomic E-state index is -1.01. The Bertz CT molecular complexity index is 758. The molecule has 2 bridgehead atoms. The van der Waals surface area contributed by atoms with Gasteiger partial charge in [-0.1, -0.05) is 13.8 Å². The zero-order valence-corrected chi connectivity index (χ0v) is 16.6. The van der Waals surface area contributed by atoms with Gasteiger partial charge in [0, 0.05) is 4.88 Å². The van der Waals surface area contributed by atoms with E-state index in [1.165, 1.54) is 11.3 Å². The molecule has 2 N–H and O–H groups in total. The molecule has 4 atom stereocenters. The summed E-state index contributed by atoms with van der Waals surface area (Å²) in [6.45, 7) is 6.07. The number of hydrogen-bond acceptors (Lipinski definition) is 6. The number of carboxylic acids is 1. The number of anilines is 1. The molecular formula is C19H25NO6S. The van der Waals surface area contributed by atoms with Gasteiger partial charge in [-0.25, -0.2) is 4.79 Å². The van der Waals surface area contributed by atoms with E-state index in [9.17, 15) is 19.5 Å². The van der Waals surface area contributed by atoms with Crippen LogP contribution in [0.1, 0.15) is 53.9 Å². The number of thiophene rings is 1. The summed E-state index contributed by atoms with van der Waals surface area (Å²) in [5.74, 6) is -3.45. The fourth-order valence-corrected chi connectivity index (χ4v) is 5.23. The van der Waals surface area contributed by atoms with Crippen molar-refractivity contribution in [1.29, 1.82) is 0 Å². The molecule has 148 valence electrons. The highest BCUT2D eigenvalue weighted by atomic mass is 32.1. The molecule has 0 aliphatic carbocycles. The first-order valence-electron chi connectivity index (χ1n) is 9.37. The van der Waals surface area contributed by atoms with E-state index in [1.54, 1.807) is 0 Å². The second-order valence-corrected chi connectivity index (χ2v) is 8.22. The minimum Gasteiger partial charge on any atom is -0.481 e. The van der Waals surface area contributed by atoms with Crippen molar-refractivity contribution >= 4 is 34.2 Å². The van der Waals surface area contributed by atoms with E-state index in [0.29, 0.717) is 42.9 Å². The zero-order chi connectivity index (χ0) is 19.7. The van der Waals surface area contributed by atoms with E-state index < -0.39 is 35.8 Å². The van der Waals surface area contributed by atoms with Gasteiger partial charge in [0.25, 0.3) is 0 Å². The van der Waals surface area contributed by atoms with Gasteiger partial charge in [0.05, 0.1) is 36.2 Å². The van der Waals surface area contributed by atoms with Gasteiger partial charge in [0.2, 0.25) is 5.91 Å². The van der Waals surface area contributed by atoms with Crippen LogP contribution in [0, 0.1) is 18.8 Å². The van der Waals surface area contributed by atoms with Crippen molar-refractivity contribution in [3.63, 3.8) is 0 Å². The van der Waals surface area contributed by atoms with Crippen molar-refractivity contribution in [2.24, 2.45) is 11.8 Å². The van der Waals surface area contributed by atoms with Crippen molar-refractivity contribution in [1.82, 2.24) is 0 Å². The molecular weight excluding hydrogens is 370 g/mol. The largest absolute Gasteiger partial charge is 0.481 e. The van der Waals surface area contributed by atoms with Crippen LogP contribution in [0.2, 0.25) is 0 Å². The van der Waals surface area contributed by atoms with E-state index >= 15 is 0 Å². The third-order valence-corrected chi connectivity index (χ3v) is 6.36. The van der Waals surface area contributed by atoms with Crippen LogP contribution in [0.15, 0.2) is 0 Å². The van der Waals surface area contributed by atoms with Crippen LogP contribution >= 0.6 is 11.3 Å². The van der Waals surface area contributed by atoms with Crippen LogP contribution < -0.4 is 5.32 Å². The van der Waals surface area contributed by atoms with Crippen molar-refractivity contribution in [2.75, 3.05) is 11.9 Å². The summed E-state index contributed by atoms with van der Waals surface area (Å²) in [7, 11) is 0. The maximum Gasteiger partial charge on any atom is 0.341 e. The number of nitrogens with one attached hydrogen (secondary N) is 1. The lowest BCUT2D eigenvalue weighted by Gasteiger charge is -2.23. The fourth-order valence-electron chi connectivity index (χ4n) is 4.10. The Balaban J connectivity index is 1.85. The van der Waals surface area contributed by atoms with Gasteiger partial charge < -0.3 is 19.9 Å². The Morgan fingerprint density at radius 1 is 1.22 bits per heavy atom. The average molecular weight is 395 g/mol. The van der Waals surface area contributed by atoms with E-state index in [2.05, 4.69) is 5.32 Å². The highest BCUT2D eigenvalue weighted by molar-refractivity contribution is 7.16. The smallest absolute Gasteiger partial charge is 0.341 e. The molecule has 1 aromatic heterocycles. The van der Waals surface area contributed by atoms with Crippen molar-refractivity contribution < 1.29 is 29.0 Å². The SMILES string of the molecule is CCCOC(=O)c1c(NC(=O)[C@@H]2[C@H](C(=O)O)[C@H]3CC[C@H]2O3)sc(C)c1CC. The summed E-state index contributed by atoms with van der Waals surface area (Å²) in [6.07, 6.45) is 1.91. The van der Waals surface area contributed by atoms with E-state index in [0.717, 1.165) is 10.4 Å². The fraction of sp³-hybridized carbons (Fsp3) is 0.632. The maximum absolute atomic E-state index is 12.9. The summed E-state index contributed by atoms with van der Waals surface area (Å²) in [5, 5.41) is 12.8. The topological polar surface area (TPSA) is 102 Å². The monoisotopic (exact) mass is 395 g/mol. The molecule has 0 aromatic carbocycles. The summed E-state index contributed by atoms with van der Waals surface area (Å²) in [4.78, 5) is 38.0. The minimum absolute atomic E-state index is 0.311. The second-order valence-electron chi connectivity index (χ2n) is 7.00. The molecule has 2 fully saturated rings. The first-order valence-corrected chi connectivity index (χ1v) is 10.2. The van der Waals surface area contributed by atoms with Gasteiger partial charge in [-0.3, -0.25) is 9.59 Å². The lowest BCUT2D eigenvalue weighted by Crippen LogP contribution is -2.41. The first kappa shape index (κ1) is 19.8. The molecule has 0 saturated carbocycles. The lowest BCUT2D eigenvalue weighted by molar-refractivity contribution is -0.147. The number of esters is 1. The Labute approximate surface area is 162 Å². The van der Waals surface area contributed by atoms with Crippen molar-refractivity contribution in [3.8, 4) is 0 Å². The Morgan fingerprint density at radius 2 is 1.89 bits per heavy atom. The van der Waals surface area contributed by atoms with Gasteiger partial charge in [0.15, 0.2) is 0 Å². The predicted molar refractivity (Wildman–Crippen MR) is 100 cm³/mol. The number of rotatable bonds is 7. The normalized spacial score (nSPS) is 26.2. The molecule has 3 heterocycles. The molecule has 0 spiro atoms. The molecule has 2 aliphatic heterocycles. The third-order valence-electron chi connectivity index (χ3n) is 5.30. The molecule has 0 radical (unpaired) electrons. The van der Waals surface area contributed by atoms with E-state index in [-0.39, 0.29) is 6.10 Å². The number of aryl methyl sites for hydroxylation is 1. The molecule has 0 unspecified atom stereocenters. The Morgan fingerprint density at radius 3 is 2.48 bits per heavy atom. The molecule has 27 heavy (non-hydrogen) atoms. The molecule has 8 heteroatoms. The van der Waals surface area contributed by atoms with Gasteiger partial charge in [0.1, 0.15) is 5.00 Å². The third kappa shape index (κ3) is 3.60. The highest BCUT2D eigenvalue weighted by Crippen LogP contribution is 2.44. The van der Waals surface area contributed by atoms with Gasteiger partial charge in [-0.2, -0.15) is 0 Å². The molecule has 2 aliphatic rings. The lowest BCUT2D eigenvalue weighted by atomic mass is 9.79. The Hall–Kier alpha value is -1.93. The highest BCUT2D eigenvalue weighted by Gasteiger charge is 2.55. The molecule has 2 saturated heterocycles. The number of aliphatic carboxylic acids is 1. The molecule has 3 rings (SSSR count). The molecule has 1 amide bonds. The zero-order valence-electron chi connectivity index (χ0n) is 15.7. The number of carbonyl (C=O) groups is 3. The van der Waals surface area contributed by atoms with Crippen LogP contribution in [-0.4, -0.2) is 41.8 Å². The van der Waals surface area contributed by atoms with Crippen LogP contribution in [0.4, 0.5) is 5.00 Å². The van der Waals surface area contributed by atoms with Gasteiger partial charge >= 0.3 is 11.9 Å². The number of carboxylic acid groups (broad SMARTS) is 1. The van der Waals surface area contributed by atoms with Gasteiger partial charge in [-0.15, -0.1) is 11.3 Å². The van der Waals surface area contributed by atoms with E-state index in [4.69, 9.17) is 9.47 Å². The number of carbonyl (C=O) groups excluding carboxylic acids is 2. The van der Waals surface area contributed by atoms with E-state index in [1.807, 2.05) is 20.8 Å². The summed E-state index contributed by atoms with van der Waals surface area (Å²) in [5.41, 5.74) is 1.24. The predicted octanol–water partition coefficient (Wildman–Crippen LogP) is 3.00. The summed E-state index contributed by atoms with van der Waals surface area (Å²) >= 11 is 1.32. The van der Waals surface area contributed by atoms with Crippen LogP contribution in [0.5, 0.6) is 0 Å². The number of ether oxygens (including phenoxy) is 2. The van der Waals surface area contributed by atoms with Gasteiger partial charge in [-0.05, 0) is 38.2 Å². The summed E-state index contributed by atoms with van der Waals surface area (Å²) in [6, 6.07) is 0. The summed E-state index contributed by atoms with van der Waals surface area (Å²) < 4.78 is 11.0. The Kier molecular flexibility index (Phi) is 5.86. The quantitative estimate of drug-likeness (QED) is 0.688. The second kappa shape index (κ2) is 7.98. The molecule has 7 nitrogen and oxygen atoms in total. The van der Waals surface area contributed by atoms with Crippen molar-refractivity contribution in [3.05, 3.63) is 16.0 Å². The van der Waals surface area contributed by atoms with Crippen LogP contribution in [0.25, 0.3) is 0 Å². The number of amides is 1. The maximum atomic E-state index is 12.9.